The second-order valence-corrected chi connectivity index (χ2v) is 35.7. The van der Waals surface area contributed by atoms with Crippen molar-refractivity contribution >= 4 is 117 Å². The lowest BCUT2D eigenvalue weighted by Crippen LogP contribution is -2.42. The summed E-state index contributed by atoms with van der Waals surface area (Å²) in [5.41, 5.74) is 4.36. The monoisotopic (exact) mass is 1800 g/mol. The molecule has 708 valence electrons. The van der Waals surface area contributed by atoms with E-state index in [4.69, 9.17) is 96.7 Å². The summed E-state index contributed by atoms with van der Waals surface area (Å²) < 4.78 is 82.6. The topological polar surface area (TPSA) is 380 Å². The molecule has 1 amide bonds. The van der Waals surface area contributed by atoms with E-state index in [9.17, 15) is 25.2 Å². The van der Waals surface area contributed by atoms with E-state index < -0.39 is 27.8 Å². The van der Waals surface area contributed by atoms with E-state index in [1.807, 2.05) is 129 Å². The van der Waals surface area contributed by atoms with Crippen molar-refractivity contribution in [2.24, 2.45) is 5.41 Å². The molecule has 33 nitrogen and oxygen atoms in total. The summed E-state index contributed by atoms with van der Waals surface area (Å²) in [4.78, 5) is 53.8. The van der Waals surface area contributed by atoms with Gasteiger partial charge in [-0.15, -0.1) is 0 Å². The van der Waals surface area contributed by atoms with Gasteiger partial charge in [0.25, 0.3) is 0 Å². The largest absolute Gasteiger partial charge is 0.389 e. The molecule has 8 aromatic heterocycles. The summed E-state index contributed by atoms with van der Waals surface area (Å²) >= 11 is 0. The molecule has 0 fully saturated rings. The Labute approximate surface area is 761 Å². The molecule has 0 atom stereocenters. The summed E-state index contributed by atoms with van der Waals surface area (Å²) in [5.74, 6) is 4.87. The molecule has 0 radical (unpaired) electrons. The average molecular weight is 1800 g/mol. The van der Waals surface area contributed by atoms with Crippen LogP contribution in [0.3, 0.4) is 0 Å². The molecule has 130 heavy (non-hydrogen) atoms. The van der Waals surface area contributed by atoms with Crippen LogP contribution in [0.5, 0.6) is 0 Å². The lowest BCUT2D eigenvalue weighted by Gasteiger charge is -2.33. The number of nitrogens with zero attached hydrogens (tertiary/aromatic N) is 12. The third kappa shape index (κ3) is 28.3. The quantitative estimate of drug-likeness (QED) is 0.0164. The van der Waals surface area contributed by atoms with Gasteiger partial charge in [0.1, 0.15) is 71.8 Å². The van der Waals surface area contributed by atoms with Gasteiger partial charge in [0.15, 0.2) is 23.3 Å². The van der Waals surface area contributed by atoms with Gasteiger partial charge in [-0.25, -0.2) is 39.9 Å². The minimum atomic E-state index is -1.07. The number of aliphatic hydroxyl groups is 4. The van der Waals surface area contributed by atoms with Crippen LogP contribution in [0, 0.1) is 5.41 Å². The zero-order valence-corrected chi connectivity index (χ0v) is 78.3. The molecule has 33 heteroatoms. The molecule has 0 saturated heterocycles. The van der Waals surface area contributed by atoms with Crippen LogP contribution in [-0.2, 0) is 114 Å². The number of rotatable bonds is 63. The Bertz CT molecular complexity index is 5180. The fourth-order valence-corrected chi connectivity index (χ4v) is 15.8. The maximum atomic E-state index is 13.8. The van der Waals surface area contributed by atoms with Gasteiger partial charge >= 0.3 is 0 Å². The highest BCUT2D eigenvalue weighted by molar-refractivity contribution is 6.11. The lowest BCUT2D eigenvalue weighted by atomic mass is 9.92. The number of ether oxygens (including phenoxy) is 12. The van der Waals surface area contributed by atoms with Crippen molar-refractivity contribution in [3.05, 3.63) is 120 Å². The van der Waals surface area contributed by atoms with Crippen molar-refractivity contribution in [1.29, 1.82) is 0 Å². The van der Waals surface area contributed by atoms with Crippen molar-refractivity contribution in [3.63, 3.8) is 0 Å². The highest BCUT2D eigenvalue weighted by Crippen LogP contribution is 2.38. The SMILES string of the molecule is CCOCc1nc2c(NCCCCOCCOCC(COCCOCCCCNc3nc4ccccc4c4c3nc(COCC)n4CC(C)(C)O)(COCCOCCCCNc3nc4ccccc4c4c3nc(COCC)n4CC(C)(C)O)COCCOCCCC(=O)Nc3nc4ccccc4c4c3nc(COCC)n4CC(C)(C)O)nc3ccccc3c2n1CC(C)(C)O. The highest BCUT2D eigenvalue weighted by atomic mass is 16.6. The summed E-state index contributed by atoms with van der Waals surface area (Å²) in [6.07, 6.45) is 5.24. The standard InChI is InChI=1S/C97H138N16O17/c1-13-119-56-76-105-81-85(110(76)60-93(5,6)115)68-32-17-21-36-72(68)101-89(81)98-41-25-28-44-123-48-52-127-64-97(65-128-53-49-124-45-29-26-42-99-90-82-86(69-33-18-22-37-73(69)102-90)111(61-94(7,8)116)77(106-82)57-120-14-2,66-129-54-50-125-46-30-27-43-100-91-83-87(70-34-19-23-38-74(70)103-91)112(62-95(9,10)117)78(107-83)58-121-15-3)67-130-55-51-126-47-31-40-80(114)109-92-84-88(71-35-20-24-39-75(71)104-92)113(63-96(11,12)118)79(108-84)59-122-16-4/h17-24,32-39,115-118H,13-16,25-31,40-67H2,1-12H3,(H,98,101)(H,99,102)(H,100,103)(H,104,109,114). The summed E-state index contributed by atoms with van der Waals surface area (Å²) in [7, 11) is 0. The first-order valence-corrected chi connectivity index (χ1v) is 46.2. The molecule has 8 N–H and O–H groups in total. The Morgan fingerprint density at radius 2 is 0.554 bits per heavy atom. The van der Waals surface area contributed by atoms with Gasteiger partial charge < -0.3 is 117 Å². The molecule has 0 aliphatic rings. The van der Waals surface area contributed by atoms with Crippen LogP contribution in [0.15, 0.2) is 97.1 Å². The summed E-state index contributed by atoms with van der Waals surface area (Å²) in [6.45, 7) is 33.2. The normalized spacial score (nSPS) is 12.7. The van der Waals surface area contributed by atoms with Crippen LogP contribution in [0.2, 0.25) is 0 Å². The molecular weight excluding hydrogens is 1660 g/mol. The van der Waals surface area contributed by atoms with Crippen LogP contribution in [-0.4, -0.2) is 259 Å². The first kappa shape index (κ1) is 99.6. The number of amides is 1. The third-order valence-electron chi connectivity index (χ3n) is 21.7. The number of carbonyl (C=O) groups is 1. The predicted octanol–water partition coefficient (Wildman–Crippen LogP) is 14.0. The van der Waals surface area contributed by atoms with Gasteiger partial charge in [-0.1, -0.05) is 72.8 Å². The maximum Gasteiger partial charge on any atom is 0.225 e. The molecule has 0 aliphatic carbocycles. The number of pyridine rings is 4. The van der Waals surface area contributed by atoms with E-state index in [1.54, 1.807) is 55.4 Å². The second-order valence-electron chi connectivity index (χ2n) is 35.7. The first-order chi connectivity index (χ1) is 62.7. The van der Waals surface area contributed by atoms with Crippen LogP contribution >= 0.6 is 0 Å². The van der Waals surface area contributed by atoms with Crippen molar-refractivity contribution in [2.75, 3.05) is 173 Å². The number of fused-ring (bicyclic) bond motifs is 12. The van der Waals surface area contributed by atoms with Gasteiger partial charge in [0.2, 0.25) is 5.91 Å². The highest BCUT2D eigenvalue weighted by Gasteiger charge is 2.34. The van der Waals surface area contributed by atoms with Gasteiger partial charge in [-0.05, 0) is 152 Å². The molecule has 0 spiro atoms. The van der Waals surface area contributed by atoms with Crippen LogP contribution in [0.1, 0.15) is 158 Å². The number of benzene rings is 4. The number of nitrogens with one attached hydrogen (secondary N) is 4. The van der Waals surface area contributed by atoms with Crippen LogP contribution in [0.25, 0.3) is 87.7 Å². The minimum Gasteiger partial charge on any atom is -0.389 e. The van der Waals surface area contributed by atoms with Gasteiger partial charge in [-0.3, -0.25) is 4.79 Å². The third-order valence-corrected chi connectivity index (χ3v) is 21.7. The zero-order chi connectivity index (χ0) is 92.1. The number of anilines is 4. The van der Waals surface area contributed by atoms with E-state index in [-0.39, 0.29) is 91.5 Å². The number of aromatic nitrogens is 12. The Morgan fingerprint density at radius 3 is 0.823 bits per heavy atom. The zero-order valence-electron chi connectivity index (χ0n) is 78.3. The second kappa shape index (κ2) is 48.3. The van der Waals surface area contributed by atoms with E-state index in [2.05, 4.69) is 35.0 Å². The maximum absolute atomic E-state index is 13.8. The van der Waals surface area contributed by atoms with Crippen LogP contribution in [0.4, 0.5) is 23.3 Å². The number of imidazole rings is 4. The van der Waals surface area contributed by atoms with Crippen molar-refractivity contribution < 1.29 is 82.1 Å². The van der Waals surface area contributed by atoms with E-state index in [1.165, 1.54) is 0 Å². The number of para-hydroxylation sites is 4. The molecule has 0 unspecified atom stereocenters. The Hall–Kier alpha value is -9.37. The van der Waals surface area contributed by atoms with Gasteiger partial charge in [0, 0.05) is 100 Å². The van der Waals surface area contributed by atoms with Crippen molar-refractivity contribution in [1.82, 2.24) is 58.1 Å². The molecule has 0 saturated carbocycles. The molecule has 12 aromatic rings. The molecule has 12 rings (SSSR count). The summed E-state index contributed by atoms with van der Waals surface area (Å²) in [5, 5.41) is 61.7. The number of carbonyl (C=O) groups excluding carboxylic acids is 1. The van der Waals surface area contributed by atoms with E-state index >= 15 is 0 Å². The Balaban J connectivity index is 0.678. The van der Waals surface area contributed by atoms with E-state index in [0.29, 0.717) is 172 Å². The first-order valence-electron chi connectivity index (χ1n) is 46.2. The summed E-state index contributed by atoms with van der Waals surface area (Å²) in [6, 6.07) is 31.7. The molecular formula is C97H138N16O17. The fraction of sp³-hybridized carbons (Fsp3) is 0.577. The number of hydrogen-bond acceptors (Lipinski definition) is 28. The van der Waals surface area contributed by atoms with Crippen LogP contribution < -0.4 is 21.3 Å². The minimum absolute atomic E-state index is 0.153. The Morgan fingerprint density at radius 1 is 0.308 bits per heavy atom. The van der Waals surface area contributed by atoms with Gasteiger partial charge in [-0.2, -0.15) is 0 Å². The smallest absolute Gasteiger partial charge is 0.225 e. The van der Waals surface area contributed by atoms with Crippen molar-refractivity contribution in [3.8, 4) is 0 Å². The van der Waals surface area contributed by atoms with Gasteiger partial charge in [0.05, 0.1) is 177 Å². The average Bonchev–Trinajstić information content (AvgIpc) is 1.64. The number of hydrogen-bond donors (Lipinski definition) is 8. The molecule has 8 heterocycles. The fourth-order valence-electron chi connectivity index (χ4n) is 15.8. The lowest BCUT2D eigenvalue weighted by molar-refractivity contribution is -0.121. The molecule has 0 bridgehead atoms. The molecule has 4 aromatic carbocycles. The number of unbranched alkanes of at least 4 members (excludes halogenated alkanes) is 3. The Kier molecular flexibility index (Phi) is 37.0. The van der Waals surface area contributed by atoms with Crippen molar-refractivity contribution in [2.45, 2.75) is 209 Å². The van der Waals surface area contributed by atoms with E-state index in [0.717, 1.165) is 133 Å². The predicted molar refractivity (Wildman–Crippen MR) is 507 cm³/mol. The molecule has 0 aliphatic heterocycles.